The first-order chi connectivity index (χ1) is 6.89. The van der Waals surface area contributed by atoms with Gasteiger partial charge in [-0.25, -0.2) is 8.42 Å². The Balaban J connectivity index is 2.73. The molecule has 0 amide bonds. The summed E-state index contributed by atoms with van der Waals surface area (Å²) in [6.45, 7) is 4.29. The summed E-state index contributed by atoms with van der Waals surface area (Å²) in [6, 6.07) is 6.63. The number of hydrogen-bond donors (Lipinski definition) is 0. The fraction of sp³-hybridized carbons (Fsp3) is 0.400. The Morgan fingerprint density at radius 3 is 2.20 bits per heavy atom. The van der Waals surface area contributed by atoms with Crippen LogP contribution in [0.3, 0.4) is 0 Å². The highest BCUT2D eigenvalue weighted by Gasteiger charge is 2.08. The van der Waals surface area contributed by atoms with Crippen LogP contribution >= 0.6 is 22.4 Å². The van der Waals surface area contributed by atoms with Crippen LogP contribution in [-0.4, -0.2) is 14.2 Å². The largest absolute Gasteiger partial charge is 0.261 e. The minimum absolute atomic E-state index is 0.151. The molecule has 0 spiro atoms. The lowest BCUT2D eigenvalue weighted by Crippen LogP contribution is -1.92. The van der Waals surface area contributed by atoms with Crippen molar-refractivity contribution in [3.63, 3.8) is 0 Å². The van der Waals surface area contributed by atoms with Gasteiger partial charge in [0.15, 0.2) is 0 Å². The van der Waals surface area contributed by atoms with E-state index in [1.54, 1.807) is 23.9 Å². The van der Waals surface area contributed by atoms with Gasteiger partial charge in [0.2, 0.25) is 0 Å². The highest BCUT2D eigenvalue weighted by atomic mass is 35.7. The SMILES string of the molecule is CC(C)CSc1ccc(S(=O)(=O)Cl)cc1. The molecule has 1 rings (SSSR count). The van der Waals surface area contributed by atoms with Crippen LogP contribution in [0, 0.1) is 5.92 Å². The minimum Gasteiger partial charge on any atom is -0.207 e. The van der Waals surface area contributed by atoms with Crippen molar-refractivity contribution in [1.29, 1.82) is 0 Å². The molecule has 0 radical (unpaired) electrons. The predicted molar refractivity (Wildman–Crippen MR) is 65.0 cm³/mol. The van der Waals surface area contributed by atoms with Crippen LogP contribution in [0.15, 0.2) is 34.1 Å². The van der Waals surface area contributed by atoms with Crippen molar-refractivity contribution < 1.29 is 8.42 Å². The monoisotopic (exact) mass is 264 g/mol. The maximum absolute atomic E-state index is 11.0. The molecular formula is C10H13ClO2S2. The van der Waals surface area contributed by atoms with Crippen LogP contribution in [0.2, 0.25) is 0 Å². The summed E-state index contributed by atoms with van der Waals surface area (Å²) in [5.41, 5.74) is 0. The summed E-state index contributed by atoms with van der Waals surface area (Å²) in [4.78, 5) is 1.21. The van der Waals surface area contributed by atoms with Gasteiger partial charge in [0, 0.05) is 21.3 Å². The fourth-order valence-corrected chi connectivity index (χ4v) is 2.59. The second-order valence-corrected chi connectivity index (χ2v) is 7.27. The van der Waals surface area contributed by atoms with Gasteiger partial charge in [0.25, 0.3) is 9.05 Å². The molecule has 1 aromatic rings. The highest BCUT2D eigenvalue weighted by molar-refractivity contribution is 8.13. The second-order valence-electron chi connectivity index (χ2n) is 3.61. The van der Waals surface area contributed by atoms with Crippen LogP contribution in [0.1, 0.15) is 13.8 Å². The van der Waals surface area contributed by atoms with Crippen LogP contribution in [0.25, 0.3) is 0 Å². The molecule has 0 fully saturated rings. The zero-order chi connectivity index (χ0) is 11.5. The van der Waals surface area contributed by atoms with Crippen molar-refractivity contribution in [3.8, 4) is 0 Å². The molecule has 5 heteroatoms. The zero-order valence-corrected chi connectivity index (χ0v) is 11.0. The molecule has 0 aliphatic heterocycles. The van der Waals surface area contributed by atoms with E-state index < -0.39 is 9.05 Å². The molecule has 0 heterocycles. The van der Waals surface area contributed by atoms with Crippen LogP contribution in [0.4, 0.5) is 0 Å². The maximum Gasteiger partial charge on any atom is 0.261 e. The van der Waals surface area contributed by atoms with E-state index in [0.29, 0.717) is 5.92 Å². The standard InChI is InChI=1S/C10H13ClO2S2/c1-8(2)7-14-9-3-5-10(6-4-9)15(11,12)13/h3-6,8H,7H2,1-2H3. The summed E-state index contributed by atoms with van der Waals surface area (Å²) < 4.78 is 21.9. The molecule has 0 bridgehead atoms. The van der Waals surface area contributed by atoms with Gasteiger partial charge in [-0.2, -0.15) is 0 Å². The van der Waals surface area contributed by atoms with Crippen LogP contribution < -0.4 is 0 Å². The van der Waals surface area contributed by atoms with Gasteiger partial charge in [-0.15, -0.1) is 11.8 Å². The molecule has 0 saturated heterocycles. The topological polar surface area (TPSA) is 34.1 Å². The molecule has 0 saturated carbocycles. The summed E-state index contributed by atoms with van der Waals surface area (Å²) in [5.74, 6) is 1.64. The van der Waals surface area contributed by atoms with E-state index in [0.717, 1.165) is 10.6 Å². The Labute approximate surface area is 99.4 Å². The van der Waals surface area contributed by atoms with Crippen molar-refractivity contribution in [2.24, 2.45) is 5.92 Å². The van der Waals surface area contributed by atoms with Gasteiger partial charge in [-0.1, -0.05) is 13.8 Å². The van der Waals surface area contributed by atoms with Crippen molar-refractivity contribution in [3.05, 3.63) is 24.3 Å². The molecule has 15 heavy (non-hydrogen) atoms. The quantitative estimate of drug-likeness (QED) is 0.618. The van der Waals surface area contributed by atoms with E-state index in [1.807, 2.05) is 0 Å². The van der Waals surface area contributed by atoms with Gasteiger partial charge >= 0.3 is 0 Å². The van der Waals surface area contributed by atoms with Crippen molar-refractivity contribution in [1.82, 2.24) is 0 Å². The van der Waals surface area contributed by atoms with E-state index in [9.17, 15) is 8.42 Å². The summed E-state index contributed by atoms with van der Waals surface area (Å²) in [5, 5.41) is 0. The zero-order valence-electron chi connectivity index (χ0n) is 8.60. The van der Waals surface area contributed by atoms with Crippen LogP contribution in [-0.2, 0) is 9.05 Å². The van der Waals surface area contributed by atoms with E-state index in [4.69, 9.17) is 10.7 Å². The molecule has 2 nitrogen and oxygen atoms in total. The fourth-order valence-electron chi connectivity index (χ4n) is 0.961. The first-order valence-corrected chi connectivity index (χ1v) is 7.86. The Kier molecular flexibility index (Phi) is 4.49. The average Bonchev–Trinajstić information content (AvgIpc) is 2.14. The van der Waals surface area contributed by atoms with Gasteiger partial charge in [0.1, 0.15) is 0 Å². The van der Waals surface area contributed by atoms with Gasteiger partial charge < -0.3 is 0 Å². The first-order valence-electron chi connectivity index (χ1n) is 4.57. The maximum atomic E-state index is 11.0. The lowest BCUT2D eigenvalue weighted by molar-refractivity contribution is 0.609. The molecule has 0 unspecified atom stereocenters. The Morgan fingerprint density at radius 1 is 1.27 bits per heavy atom. The van der Waals surface area contributed by atoms with Crippen LogP contribution in [0.5, 0.6) is 0 Å². The number of hydrogen-bond acceptors (Lipinski definition) is 3. The molecule has 0 aromatic heterocycles. The Morgan fingerprint density at radius 2 is 1.80 bits per heavy atom. The van der Waals surface area contributed by atoms with Gasteiger partial charge in [0.05, 0.1) is 4.90 Å². The highest BCUT2D eigenvalue weighted by Crippen LogP contribution is 2.23. The second kappa shape index (κ2) is 5.23. The molecule has 84 valence electrons. The first kappa shape index (κ1) is 12.9. The predicted octanol–water partition coefficient (Wildman–Crippen LogP) is 3.36. The van der Waals surface area contributed by atoms with E-state index in [1.165, 1.54) is 12.1 Å². The summed E-state index contributed by atoms with van der Waals surface area (Å²) >= 11 is 1.71. The van der Waals surface area contributed by atoms with E-state index >= 15 is 0 Å². The molecule has 0 atom stereocenters. The van der Waals surface area contributed by atoms with Crippen molar-refractivity contribution in [2.75, 3.05) is 5.75 Å². The van der Waals surface area contributed by atoms with Crippen molar-refractivity contribution >= 4 is 31.5 Å². The van der Waals surface area contributed by atoms with Crippen molar-refractivity contribution in [2.45, 2.75) is 23.6 Å². The lowest BCUT2D eigenvalue weighted by atomic mass is 10.3. The number of thioether (sulfide) groups is 1. The van der Waals surface area contributed by atoms with E-state index in [2.05, 4.69) is 13.8 Å². The molecular weight excluding hydrogens is 252 g/mol. The third-order valence-corrected chi connectivity index (χ3v) is 4.50. The Bertz CT molecular complexity index is 410. The lowest BCUT2D eigenvalue weighted by Gasteiger charge is -2.04. The minimum atomic E-state index is -3.59. The van der Waals surface area contributed by atoms with E-state index in [-0.39, 0.29) is 4.90 Å². The normalized spacial score (nSPS) is 12.0. The summed E-state index contributed by atoms with van der Waals surface area (Å²) in [6.07, 6.45) is 0. The molecule has 0 aliphatic rings. The number of rotatable bonds is 4. The smallest absolute Gasteiger partial charge is 0.207 e. The Hall–Kier alpha value is -0.190. The molecule has 0 aliphatic carbocycles. The molecule has 0 N–H and O–H groups in total. The summed E-state index contributed by atoms with van der Waals surface area (Å²) in [7, 11) is 1.62. The number of benzene rings is 1. The third-order valence-electron chi connectivity index (χ3n) is 1.69. The van der Waals surface area contributed by atoms with Gasteiger partial charge in [-0.3, -0.25) is 0 Å². The number of halogens is 1. The van der Waals surface area contributed by atoms with Gasteiger partial charge in [-0.05, 0) is 30.2 Å². The third kappa shape index (κ3) is 4.45. The molecule has 1 aromatic carbocycles. The average molecular weight is 265 g/mol.